The van der Waals surface area contributed by atoms with E-state index >= 15 is 0 Å². The molecule has 11 heteroatoms. The summed E-state index contributed by atoms with van der Waals surface area (Å²) in [5.74, 6) is -0.0929. The number of halogens is 4. The summed E-state index contributed by atoms with van der Waals surface area (Å²) < 4.78 is 52.1. The predicted molar refractivity (Wildman–Crippen MR) is 112 cm³/mol. The van der Waals surface area contributed by atoms with Crippen molar-refractivity contribution in [1.82, 2.24) is 20.1 Å². The SMILES string of the molecule is O=C(N[C@H]1COc2ccc(C(F)(F)F)cc2C1)c1nn2c(c1-c1cccc(Cl)n1)COCC2. The Morgan fingerprint density at radius 3 is 2.88 bits per heavy atom. The van der Waals surface area contributed by atoms with Crippen molar-refractivity contribution < 1.29 is 27.4 Å². The Balaban J connectivity index is 1.43. The van der Waals surface area contributed by atoms with Crippen LogP contribution in [0.3, 0.4) is 0 Å². The molecule has 5 rings (SSSR count). The highest BCUT2D eigenvalue weighted by Gasteiger charge is 2.33. The van der Waals surface area contributed by atoms with E-state index < -0.39 is 23.7 Å². The standard InChI is InChI=1S/C22H18ClF3N4O3/c23-18-3-1-2-15(28-18)19-16-11-32-7-6-30(16)29-20(19)21(31)27-14-9-12-8-13(22(24,25)26)4-5-17(12)33-10-14/h1-5,8,14H,6-7,9-11H2,(H,27,31)/t14-/m1/s1. The van der Waals surface area contributed by atoms with Crippen molar-refractivity contribution in [3.8, 4) is 17.0 Å². The molecular formula is C22H18ClF3N4O3. The number of nitrogens with zero attached hydrogens (tertiary/aromatic N) is 3. The summed E-state index contributed by atoms with van der Waals surface area (Å²) in [4.78, 5) is 17.5. The molecule has 3 aromatic rings. The summed E-state index contributed by atoms with van der Waals surface area (Å²) in [6.45, 7) is 1.35. The lowest BCUT2D eigenvalue weighted by Gasteiger charge is -2.26. The van der Waals surface area contributed by atoms with Crippen molar-refractivity contribution in [1.29, 1.82) is 0 Å². The number of alkyl halides is 3. The number of aromatic nitrogens is 3. The van der Waals surface area contributed by atoms with Crippen LogP contribution in [0.4, 0.5) is 13.2 Å². The topological polar surface area (TPSA) is 78.3 Å². The van der Waals surface area contributed by atoms with Crippen LogP contribution >= 0.6 is 11.6 Å². The quantitative estimate of drug-likeness (QED) is 0.578. The van der Waals surface area contributed by atoms with Crippen molar-refractivity contribution in [3.63, 3.8) is 0 Å². The smallest absolute Gasteiger partial charge is 0.416 e. The van der Waals surface area contributed by atoms with Crippen LogP contribution < -0.4 is 10.1 Å². The summed E-state index contributed by atoms with van der Waals surface area (Å²) in [6, 6.07) is 7.91. The largest absolute Gasteiger partial charge is 0.491 e. The van der Waals surface area contributed by atoms with Gasteiger partial charge in [-0.1, -0.05) is 17.7 Å². The molecule has 7 nitrogen and oxygen atoms in total. The highest BCUT2D eigenvalue weighted by Crippen LogP contribution is 2.35. The second-order valence-corrected chi connectivity index (χ2v) is 8.18. The second kappa shape index (κ2) is 8.35. The maximum Gasteiger partial charge on any atom is 0.416 e. The second-order valence-electron chi connectivity index (χ2n) is 7.80. The summed E-state index contributed by atoms with van der Waals surface area (Å²) in [7, 11) is 0. The van der Waals surface area contributed by atoms with Gasteiger partial charge in [0.1, 0.15) is 17.5 Å². The third-order valence-corrected chi connectivity index (χ3v) is 5.77. The van der Waals surface area contributed by atoms with Crippen molar-refractivity contribution >= 4 is 17.5 Å². The first-order valence-corrected chi connectivity index (χ1v) is 10.6. The average Bonchev–Trinajstić information content (AvgIpc) is 3.18. The molecule has 1 atom stereocenters. The van der Waals surface area contributed by atoms with E-state index in [0.717, 1.165) is 12.1 Å². The number of rotatable bonds is 3. The molecule has 2 aliphatic heterocycles. The maximum atomic E-state index is 13.2. The minimum Gasteiger partial charge on any atom is -0.491 e. The Hall–Kier alpha value is -3.11. The van der Waals surface area contributed by atoms with Crippen molar-refractivity contribution in [2.45, 2.75) is 31.8 Å². The third kappa shape index (κ3) is 4.28. The normalized spacial score (nSPS) is 17.6. The van der Waals surface area contributed by atoms with Gasteiger partial charge in [-0.3, -0.25) is 9.48 Å². The molecule has 0 fully saturated rings. The number of pyridine rings is 1. The zero-order chi connectivity index (χ0) is 23.2. The summed E-state index contributed by atoms with van der Waals surface area (Å²) in [5.41, 5.74) is 1.50. The number of carbonyl (C=O) groups excluding carboxylic acids is 1. The molecule has 0 saturated heterocycles. The number of hydrogen-bond acceptors (Lipinski definition) is 5. The molecular weight excluding hydrogens is 461 g/mol. The van der Waals surface area contributed by atoms with Gasteiger partial charge in [-0.05, 0) is 42.3 Å². The van der Waals surface area contributed by atoms with E-state index in [9.17, 15) is 18.0 Å². The van der Waals surface area contributed by atoms with Gasteiger partial charge in [0.25, 0.3) is 5.91 Å². The van der Waals surface area contributed by atoms with Crippen LogP contribution in [-0.4, -0.2) is 39.9 Å². The van der Waals surface area contributed by atoms with Gasteiger partial charge in [-0.25, -0.2) is 4.98 Å². The average molecular weight is 479 g/mol. The van der Waals surface area contributed by atoms with Gasteiger partial charge < -0.3 is 14.8 Å². The van der Waals surface area contributed by atoms with E-state index in [0.29, 0.717) is 41.4 Å². The van der Waals surface area contributed by atoms with E-state index in [1.807, 2.05) is 0 Å². The van der Waals surface area contributed by atoms with Gasteiger partial charge in [-0.2, -0.15) is 18.3 Å². The van der Waals surface area contributed by atoms with Crippen LogP contribution in [0, 0.1) is 0 Å². The lowest BCUT2D eigenvalue weighted by atomic mass is 9.99. The van der Waals surface area contributed by atoms with Crippen LogP contribution in [0.2, 0.25) is 5.15 Å². The lowest BCUT2D eigenvalue weighted by molar-refractivity contribution is -0.137. The first kappa shape index (κ1) is 21.7. The van der Waals surface area contributed by atoms with Gasteiger partial charge in [0, 0.05) is 0 Å². The number of nitrogens with one attached hydrogen (secondary N) is 1. The molecule has 1 amide bonds. The summed E-state index contributed by atoms with van der Waals surface area (Å²) in [5, 5.41) is 7.58. The molecule has 0 aliphatic carbocycles. The Labute approximate surface area is 191 Å². The van der Waals surface area contributed by atoms with Crippen molar-refractivity contribution in [2.24, 2.45) is 0 Å². The Kier molecular flexibility index (Phi) is 5.49. The fourth-order valence-corrected chi connectivity index (χ4v) is 4.20. The first-order valence-electron chi connectivity index (χ1n) is 10.2. The monoisotopic (exact) mass is 478 g/mol. The van der Waals surface area contributed by atoms with E-state index in [4.69, 9.17) is 21.1 Å². The molecule has 172 valence electrons. The molecule has 0 radical (unpaired) electrons. The fraction of sp³-hybridized carbons (Fsp3) is 0.318. The number of benzene rings is 1. The van der Waals surface area contributed by atoms with Crippen molar-refractivity contribution in [3.05, 3.63) is 64.1 Å². The van der Waals surface area contributed by atoms with Crippen molar-refractivity contribution in [2.75, 3.05) is 13.2 Å². The van der Waals surface area contributed by atoms with E-state index in [1.54, 1.807) is 22.9 Å². The van der Waals surface area contributed by atoms with E-state index in [2.05, 4.69) is 15.4 Å². The summed E-state index contributed by atoms with van der Waals surface area (Å²) >= 11 is 6.06. The lowest BCUT2D eigenvalue weighted by Crippen LogP contribution is -2.43. The van der Waals surface area contributed by atoms with Gasteiger partial charge >= 0.3 is 6.18 Å². The zero-order valence-electron chi connectivity index (χ0n) is 17.2. The molecule has 0 saturated carbocycles. The molecule has 0 spiro atoms. The van der Waals surface area contributed by atoms with E-state index in [-0.39, 0.29) is 30.5 Å². The van der Waals surface area contributed by atoms with Crippen LogP contribution in [-0.2, 0) is 30.5 Å². The maximum absolute atomic E-state index is 13.2. The predicted octanol–water partition coefficient (Wildman–Crippen LogP) is 3.88. The van der Waals surface area contributed by atoms with Crippen LogP contribution in [0.5, 0.6) is 5.75 Å². The number of carbonyl (C=O) groups is 1. The molecule has 0 bridgehead atoms. The number of amides is 1. The van der Waals surface area contributed by atoms with Crippen LogP contribution in [0.1, 0.15) is 27.3 Å². The molecule has 33 heavy (non-hydrogen) atoms. The first-order chi connectivity index (χ1) is 15.8. The summed E-state index contributed by atoms with van der Waals surface area (Å²) in [6.07, 6.45) is -4.26. The number of fused-ring (bicyclic) bond motifs is 2. The van der Waals surface area contributed by atoms with Crippen LogP contribution in [0.25, 0.3) is 11.3 Å². The van der Waals surface area contributed by atoms with Gasteiger partial charge in [-0.15, -0.1) is 0 Å². The number of hydrogen-bond donors (Lipinski definition) is 1. The molecule has 2 aliphatic rings. The zero-order valence-corrected chi connectivity index (χ0v) is 17.9. The van der Waals surface area contributed by atoms with Gasteiger partial charge in [0.05, 0.1) is 48.3 Å². The Morgan fingerprint density at radius 1 is 1.24 bits per heavy atom. The molecule has 2 aromatic heterocycles. The molecule has 1 N–H and O–H groups in total. The van der Waals surface area contributed by atoms with Gasteiger partial charge in [0.15, 0.2) is 5.69 Å². The molecule has 4 heterocycles. The fourth-order valence-electron chi connectivity index (χ4n) is 4.04. The third-order valence-electron chi connectivity index (χ3n) is 5.56. The molecule has 0 unspecified atom stereocenters. The van der Waals surface area contributed by atoms with Gasteiger partial charge in [0.2, 0.25) is 0 Å². The Morgan fingerprint density at radius 2 is 2.09 bits per heavy atom. The highest BCUT2D eigenvalue weighted by atomic mass is 35.5. The minimum absolute atomic E-state index is 0.130. The Bertz CT molecular complexity index is 1230. The van der Waals surface area contributed by atoms with E-state index in [1.165, 1.54) is 6.07 Å². The van der Waals surface area contributed by atoms with Crippen LogP contribution in [0.15, 0.2) is 36.4 Å². The highest BCUT2D eigenvalue weighted by molar-refractivity contribution is 6.29. The minimum atomic E-state index is -4.46. The number of ether oxygens (including phenoxy) is 2. The molecule has 1 aromatic carbocycles.